The Balaban J connectivity index is 2.94. The Morgan fingerprint density at radius 3 is 2.76 bits per heavy atom. The summed E-state index contributed by atoms with van der Waals surface area (Å²) in [5, 5.41) is 10.6. The smallest absolute Gasteiger partial charge is 0.272 e. The molecule has 17 heavy (non-hydrogen) atoms. The predicted octanol–water partition coefficient (Wildman–Crippen LogP) is 1.38. The van der Waals surface area contributed by atoms with E-state index in [2.05, 4.69) is 15.9 Å². The number of hydrogen-bond donors (Lipinski definition) is 2. The van der Waals surface area contributed by atoms with E-state index in [1.807, 2.05) is 5.43 Å². The van der Waals surface area contributed by atoms with Crippen LogP contribution in [0.25, 0.3) is 0 Å². The Hall–Kier alpha value is -1.38. The monoisotopic (exact) mass is 323 g/mol. The lowest BCUT2D eigenvalue weighted by Crippen LogP contribution is -2.34. The van der Waals surface area contributed by atoms with E-state index in [1.165, 1.54) is 6.07 Å². The van der Waals surface area contributed by atoms with Crippen LogP contribution in [0, 0.1) is 10.1 Å². The second kappa shape index (κ2) is 5.80. The van der Waals surface area contributed by atoms with Crippen LogP contribution in [-0.4, -0.2) is 17.4 Å². The third kappa shape index (κ3) is 3.55. The molecule has 0 radical (unpaired) electrons. The van der Waals surface area contributed by atoms with Crippen LogP contribution in [0.2, 0.25) is 5.02 Å². The van der Waals surface area contributed by atoms with Gasteiger partial charge in [-0.1, -0.05) is 11.6 Å². The van der Waals surface area contributed by atoms with Crippen LogP contribution in [0.4, 0.5) is 5.69 Å². The lowest BCUT2D eigenvalue weighted by atomic mass is 10.3. The minimum Gasteiger partial charge on any atom is -0.481 e. The number of benzene rings is 1. The minimum absolute atomic E-state index is 0.0240. The number of hydrazine groups is 1. The largest absolute Gasteiger partial charge is 0.481 e. The van der Waals surface area contributed by atoms with Gasteiger partial charge in [-0.25, -0.2) is 5.84 Å². The van der Waals surface area contributed by atoms with Gasteiger partial charge in [0.25, 0.3) is 11.6 Å². The number of nitrogens with zero attached hydrogens (tertiary/aromatic N) is 1. The molecule has 7 nitrogen and oxygen atoms in total. The molecule has 9 heteroatoms. The van der Waals surface area contributed by atoms with E-state index in [9.17, 15) is 14.9 Å². The first-order chi connectivity index (χ1) is 7.95. The molecule has 0 aliphatic carbocycles. The number of nitro benzene ring substituents is 1. The van der Waals surface area contributed by atoms with Gasteiger partial charge in [0, 0.05) is 12.1 Å². The first-order valence-corrected chi connectivity index (χ1v) is 5.38. The molecule has 0 heterocycles. The molecule has 0 saturated heterocycles. The highest BCUT2D eigenvalue weighted by molar-refractivity contribution is 9.10. The quantitative estimate of drug-likeness (QED) is 0.376. The number of carbonyl (C=O) groups is 1. The molecule has 0 saturated carbocycles. The van der Waals surface area contributed by atoms with Gasteiger partial charge in [0.05, 0.1) is 14.4 Å². The zero-order chi connectivity index (χ0) is 13.0. The number of halogens is 2. The molecular formula is C8H7BrClN3O4. The molecule has 1 amide bonds. The highest BCUT2D eigenvalue weighted by Gasteiger charge is 2.16. The SMILES string of the molecule is NNC(=O)COc1c(Cl)cc([N+](=O)[O-])cc1Br. The summed E-state index contributed by atoms with van der Waals surface area (Å²) in [5.74, 6) is 4.45. The maximum Gasteiger partial charge on any atom is 0.272 e. The lowest BCUT2D eigenvalue weighted by molar-refractivity contribution is -0.384. The van der Waals surface area contributed by atoms with Gasteiger partial charge in [0.1, 0.15) is 0 Å². The molecule has 0 spiro atoms. The fourth-order valence-corrected chi connectivity index (χ4v) is 1.91. The van der Waals surface area contributed by atoms with Crippen LogP contribution < -0.4 is 16.0 Å². The number of nitrogens with two attached hydrogens (primary N) is 1. The van der Waals surface area contributed by atoms with Crippen LogP contribution in [0.5, 0.6) is 5.75 Å². The summed E-state index contributed by atoms with van der Waals surface area (Å²) < 4.78 is 5.34. The van der Waals surface area contributed by atoms with Crippen molar-refractivity contribution in [2.75, 3.05) is 6.61 Å². The molecule has 0 aliphatic rings. The second-order valence-corrected chi connectivity index (χ2v) is 4.11. The molecule has 0 bridgehead atoms. The zero-order valence-electron chi connectivity index (χ0n) is 8.28. The van der Waals surface area contributed by atoms with Crippen LogP contribution in [0.3, 0.4) is 0 Å². The molecule has 92 valence electrons. The summed E-state index contributed by atoms with van der Waals surface area (Å²) in [6.07, 6.45) is 0. The maximum atomic E-state index is 10.9. The Labute approximate surface area is 109 Å². The average Bonchev–Trinajstić information content (AvgIpc) is 2.27. The number of carbonyl (C=O) groups excluding carboxylic acids is 1. The molecule has 3 N–H and O–H groups in total. The van der Waals surface area contributed by atoms with Gasteiger partial charge in [-0.15, -0.1) is 0 Å². The van der Waals surface area contributed by atoms with Crippen molar-refractivity contribution in [1.29, 1.82) is 0 Å². The maximum absolute atomic E-state index is 10.9. The molecular weight excluding hydrogens is 317 g/mol. The normalized spacial score (nSPS) is 9.82. The molecule has 0 unspecified atom stereocenters. The molecule has 1 rings (SSSR count). The third-order valence-electron chi connectivity index (χ3n) is 1.70. The average molecular weight is 325 g/mol. The van der Waals surface area contributed by atoms with E-state index < -0.39 is 10.8 Å². The van der Waals surface area contributed by atoms with Crippen LogP contribution in [-0.2, 0) is 4.79 Å². The van der Waals surface area contributed by atoms with Crippen molar-refractivity contribution in [2.24, 2.45) is 5.84 Å². The number of ether oxygens (including phenoxy) is 1. The fraction of sp³-hybridized carbons (Fsp3) is 0.125. The predicted molar refractivity (Wildman–Crippen MR) is 63.6 cm³/mol. The van der Waals surface area contributed by atoms with Crippen LogP contribution in [0.1, 0.15) is 0 Å². The number of non-ortho nitro benzene ring substituents is 1. The van der Waals surface area contributed by atoms with E-state index in [1.54, 1.807) is 0 Å². The summed E-state index contributed by atoms with van der Waals surface area (Å²) in [4.78, 5) is 20.8. The van der Waals surface area contributed by atoms with Crippen molar-refractivity contribution in [2.45, 2.75) is 0 Å². The number of nitrogens with one attached hydrogen (secondary N) is 1. The van der Waals surface area contributed by atoms with Crippen molar-refractivity contribution in [3.05, 3.63) is 31.7 Å². The van der Waals surface area contributed by atoms with Crippen molar-refractivity contribution in [1.82, 2.24) is 5.43 Å². The number of rotatable bonds is 4. The summed E-state index contributed by atoms with van der Waals surface area (Å²) in [6, 6.07) is 2.35. The summed E-state index contributed by atoms with van der Waals surface area (Å²) >= 11 is 8.84. The van der Waals surface area contributed by atoms with Gasteiger partial charge in [-0.2, -0.15) is 0 Å². The van der Waals surface area contributed by atoms with Crippen LogP contribution in [0.15, 0.2) is 16.6 Å². The van der Waals surface area contributed by atoms with E-state index in [4.69, 9.17) is 22.2 Å². The van der Waals surface area contributed by atoms with Crippen LogP contribution >= 0.6 is 27.5 Å². The highest BCUT2D eigenvalue weighted by atomic mass is 79.9. The van der Waals surface area contributed by atoms with Gasteiger partial charge >= 0.3 is 0 Å². The summed E-state index contributed by atoms with van der Waals surface area (Å²) in [7, 11) is 0. The first-order valence-electron chi connectivity index (χ1n) is 4.21. The molecule has 0 fully saturated rings. The molecule has 1 aromatic carbocycles. The summed E-state index contributed by atoms with van der Waals surface area (Å²) in [6.45, 7) is -0.341. The number of nitro groups is 1. The Morgan fingerprint density at radius 2 is 2.29 bits per heavy atom. The minimum atomic E-state index is -0.590. The second-order valence-electron chi connectivity index (χ2n) is 2.85. The lowest BCUT2D eigenvalue weighted by Gasteiger charge is -2.08. The Bertz CT molecular complexity index is 445. The fourth-order valence-electron chi connectivity index (χ4n) is 0.969. The van der Waals surface area contributed by atoms with Gasteiger partial charge in [-0.3, -0.25) is 20.3 Å². The van der Waals surface area contributed by atoms with E-state index in [0.29, 0.717) is 0 Å². The van der Waals surface area contributed by atoms with Gasteiger partial charge < -0.3 is 4.74 Å². The van der Waals surface area contributed by atoms with Gasteiger partial charge in [0.2, 0.25) is 0 Å². The van der Waals surface area contributed by atoms with Gasteiger partial charge in [-0.05, 0) is 15.9 Å². The number of amides is 1. The molecule has 1 aromatic rings. The van der Waals surface area contributed by atoms with Gasteiger partial charge in [0.15, 0.2) is 12.4 Å². The van der Waals surface area contributed by atoms with E-state index in [0.717, 1.165) is 6.07 Å². The van der Waals surface area contributed by atoms with Crippen molar-refractivity contribution < 1.29 is 14.5 Å². The summed E-state index contributed by atoms with van der Waals surface area (Å²) in [5.41, 5.74) is 1.69. The molecule has 0 atom stereocenters. The van der Waals surface area contributed by atoms with Crippen molar-refractivity contribution >= 4 is 39.1 Å². The first kappa shape index (κ1) is 13.7. The molecule has 0 aromatic heterocycles. The standard InChI is InChI=1S/C8H7BrClN3O4/c9-5-1-4(13(15)16)2-6(10)8(5)17-3-7(14)12-11/h1-2H,3,11H2,(H,12,14). The number of hydrogen-bond acceptors (Lipinski definition) is 5. The zero-order valence-corrected chi connectivity index (χ0v) is 10.6. The van der Waals surface area contributed by atoms with E-state index >= 15 is 0 Å². The highest BCUT2D eigenvalue weighted by Crippen LogP contribution is 2.36. The Kier molecular flexibility index (Phi) is 4.67. The van der Waals surface area contributed by atoms with Crippen molar-refractivity contribution in [3.8, 4) is 5.75 Å². The topological polar surface area (TPSA) is 107 Å². The van der Waals surface area contributed by atoms with E-state index in [-0.39, 0.29) is 27.5 Å². The molecule has 0 aliphatic heterocycles. The third-order valence-corrected chi connectivity index (χ3v) is 2.57. The van der Waals surface area contributed by atoms with Crippen molar-refractivity contribution in [3.63, 3.8) is 0 Å². The Morgan fingerprint density at radius 1 is 1.65 bits per heavy atom.